The number of nitrogens with zero attached hydrogens (tertiary/aromatic N) is 4. The molecule has 6 nitrogen and oxygen atoms in total. The molecule has 0 spiro atoms. The molecule has 2 fully saturated rings. The number of aromatic nitrogens is 3. The van der Waals surface area contributed by atoms with Crippen molar-refractivity contribution in [1.82, 2.24) is 19.7 Å². The smallest absolute Gasteiger partial charge is 0.191 e. The molecule has 0 N–H and O–H groups in total. The first-order valence-electron chi connectivity index (χ1n) is 11.8. The van der Waals surface area contributed by atoms with E-state index in [1.165, 1.54) is 11.1 Å². The molecule has 32 heavy (non-hydrogen) atoms. The van der Waals surface area contributed by atoms with Crippen LogP contribution in [0.15, 0.2) is 58.5 Å². The number of rotatable bonds is 9. The van der Waals surface area contributed by atoms with Crippen LogP contribution in [0.4, 0.5) is 0 Å². The zero-order valence-corrected chi connectivity index (χ0v) is 19.4. The summed E-state index contributed by atoms with van der Waals surface area (Å²) in [6.45, 7) is 4.89. The summed E-state index contributed by atoms with van der Waals surface area (Å²) in [6.07, 6.45) is 9.47. The minimum Gasteiger partial charge on any atom is -0.472 e. The lowest BCUT2D eigenvalue weighted by molar-refractivity contribution is 0.0931. The van der Waals surface area contributed by atoms with Crippen molar-refractivity contribution in [3.05, 3.63) is 65.9 Å². The molecule has 1 aromatic carbocycles. The molecule has 1 unspecified atom stereocenters. The molecule has 2 aromatic heterocycles. The topological polar surface area (TPSA) is 56.3 Å². The standard InChI is InChI=1S/C25H32N4O2S/c1-2-5-20(6-3-1)11-16-32-25-27-26-24(29(25)18-23-7-4-14-31-23)22-8-12-28(13-9-22)17-21-10-15-30-19-21/h1-3,5-6,10,15,19,22-23H,4,7-9,11-14,16-18H2. The Balaban J connectivity index is 1.24. The van der Waals surface area contributed by atoms with Crippen LogP contribution < -0.4 is 0 Å². The van der Waals surface area contributed by atoms with Gasteiger partial charge in [0.25, 0.3) is 0 Å². The van der Waals surface area contributed by atoms with Crippen LogP contribution in [0, 0.1) is 0 Å². The molecule has 0 saturated carbocycles. The van der Waals surface area contributed by atoms with Crippen LogP contribution in [-0.4, -0.2) is 51.2 Å². The van der Waals surface area contributed by atoms with E-state index in [0.29, 0.717) is 12.0 Å². The number of furan rings is 1. The predicted octanol–water partition coefficient (Wildman–Crippen LogP) is 4.76. The molecule has 5 rings (SSSR count). The first-order valence-corrected chi connectivity index (χ1v) is 12.8. The maximum atomic E-state index is 5.97. The average molecular weight is 453 g/mol. The van der Waals surface area contributed by atoms with Gasteiger partial charge >= 0.3 is 0 Å². The van der Waals surface area contributed by atoms with Crippen LogP contribution in [-0.2, 0) is 24.2 Å². The van der Waals surface area contributed by atoms with E-state index >= 15 is 0 Å². The summed E-state index contributed by atoms with van der Waals surface area (Å²) in [7, 11) is 0. The van der Waals surface area contributed by atoms with E-state index in [2.05, 4.69) is 51.0 Å². The van der Waals surface area contributed by atoms with Gasteiger partial charge in [-0.05, 0) is 56.8 Å². The summed E-state index contributed by atoms with van der Waals surface area (Å²) in [5, 5.41) is 10.4. The number of hydrogen-bond donors (Lipinski definition) is 0. The van der Waals surface area contributed by atoms with Crippen molar-refractivity contribution in [3.8, 4) is 0 Å². The first kappa shape index (κ1) is 21.7. The third kappa shape index (κ3) is 5.45. The van der Waals surface area contributed by atoms with E-state index in [1.807, 2.05) is 18.0 Å². The summed E-state index contributed by atoms with van der Waals surface area (Å²) in [4.78, 5) is 2.51. The van der Waals surface area contributed by atoms with Crippen molar-refractivity contribution in [3.63, 3.8) is 0 Å². The van der Waals surface area contributed by atoms with E-state index in [-0.39, 0.29) is 0 Å². The molecular formula is C25H32N4O2S. The number of benzene rings is 1. The zero-order chi connectivity index (χ0) is 21.6. The number of likely N-dealkylation sites (tertiary alicyclic amines) is 1. The third-order valence-corrected chi connectivity index (χ3v) is 7.53. The second kappa shape index (κ2) is 10.7. The van der Waals surface area contributed by atoms with Crippen LogP contribution in [0.3, 0.4) is 0 Å². The molecule has 2 aliphatic heterocycles. The molecular weight excluding hydrogens is 420 g/mol. The molecule has 1 atom stereocenters. The molecule has 0 amide bonds. The minimum absolute atomic E-state index is 0.291. The minimum atomic E-state index is 0.291. The van der Waals surface area contributed by atoms with Gasteiger partial charge in [-0.3, -0.25) is 4.90 Å². The van der Waals surface area contributed by atoms with Crippen LogP contribution in [0.25, 0.3) is 0 Å². The fourth-order valence-electron chi connectivity index (χ4n) is 4.77. The van der Waals surface area contributed by atoms with Crippen molar-refractivity contribution >= 4 is 11.8 Å². The number of ether oxygens (including phenoxy) is 1. The number of thioether (sulfide) groups is 1. The Morgan fingerprint density at radius 1 is 1.00 bits per heavy atom. The number of piperidine rings is 1. The highest BCUT2D eigenvalue weighted by atomic mass is 32.2. The molecule has 3 aromatic rings. The van der Waals surface area contributed by atoms with Crippen molar-refractivity contribution in [2.75, 3.05) is 25.4 Å². The van der Waals surface area contributed by atoms with Gasteiger partial charge in [-0.1, -0.05) is 42.1 Å². The fraction of sp³-hybridized carbons (Fsp3) is 0.520. The van der Waals surface area contributed by atoms with Crippen molar-refractivity contribution in [1.29, 1.82) is 0 Å². The van der Waals surface area contributed by atoms with Crippen molar-refractivity contribution in [2.45, 2.75) is 62.4 Å². The molecule has 2 saturated heterocycles. The highest BCUT2D eigenvalue weighted by molar-refractivity contribution is 7.99. The quantitative estimate of drug-likeness (QED) is 0.436. The highest BCUT2D eigenvalue weighted by Crippen LogP contribution is 2.31. The molecule has 2 aliphatic rings. The number of aryl methyl sites for hydroxylation is 1. The largest absolute Gasteiger partial charge is 0.472 e. The molecule has 0 radical (unpaired) electrons. The lowest BCUT2D eigenvalue weighted by Gasteiger charge is -2.31. The normalized spacial score (nSPS) is 20.2. The Hall–Kier alpha value is -2.09. The predicted molar refractivity (Wildman–Crippen MR) is 126 cm³/mol. The van der Waals surface area contributed by atoms with Crippen molar-refractivity contribution in [2.24, 2.45) is 0 Å². The van der Waals surface area contributed by atoms with Crippen LogP contribution >= 0.6 is 11.8 Å². The summed E-state index contributed by atoms with van der Waals surface area (Å²) in [5.41, 5.74) is 2.62. The van der Waals surface area contributed by atoms with Gasteiger partial charge in [0.15, 0.2) is 5.16 Å². The fourth-order valence-corrected chi connectivity index (χ4v) is 5.71. The van der Waals surface area contributed by atoms with Gasteiger partial charge in [-0.25, -0.2) is 0 Å². The first-order chi connectivity index (χ1) is 15.8. The molecule has 0 aliphatic carbocycles. The van der Waals surface area contributed by atoms with E-state index < -0.39 is 0 Å². The monoisotopic (exact) mass is 452 g/mol. The zero-order valence-electron chi connectivity index (χ0n) is 18.6. The van der Waals surface area contributed by atoms with Crippen LogP contribution in [0.2, 0.25) is 0 Å². The SMILES string of the molecule is c1ccc(CCSc2nnc(C3CCN(Cc4ccoc4)CC3)n2CC2CCCO2)cc1. The average Bonchev–Trinajstić information content (AvgIpc) is 3.59. The van der Waals surface area contributed by atoms with Gasteiger partial charge in [0.1, 0.15) is 5.82 Å². The Morgan fingerprint density at radius 3 is 2.62 bits per heavy atom. The molecule has 4 heterocycles. The van der Waals surface area contributed by atoms with Crippen LogP contribution in [0.1, 0.15) is 48.6 Å². The summed E-state index contributed by atoms with van der Waals surface area (Å²) in [6, 6.07) is 12.7. The lowest BCUT2D eigenvalue weighted by atomic mass is 9.95. The lowest BCUT2D eigenvalue weighted by Crippen LogP contribution is -2.33. The van der Waals surface area contributed by atoms with Crippen LogP contribution in [0.5, 0.6) is 0 Å². The second-order valence-electron chi connectivity index (χ2n) is 8.85. The molecule has 170 valence electrons. The highest BCUT2D eigenvalue weighted by Gasteiger charge is 2.28. The van der Waals surface area contributed by atoms with Gasteiger partial charge in [0.05, 0.1) is 25.2 Å². The van der Waals surface area contributed by atoms with Gasteiger partial charge in [0.2, 0.25) is 0 Å². The summed E-state index contributed by atoms with van der Waals surface area (Å²) >= 11 is 1.83. The van der Waals surface area contributed by atoms with E-state index in [4.69, 9.17) is 14.3 Å². The maximum Gasteiger partial charge on any atom is 0.191 e. The Bertz CT molecular complexity index is 946. The van der Waals surface area contributed by atoms with Crippen molar-refractivity contribution < 1.29 is 9.15 Å². The maximum absolute atomic E-state index is 5.97. The van der Waals surface area contributed by atoms with Gasteiger partial charge in [0, 0.05) is 30.4 Å². The van der Waals surface area contributed by atoms with E-state index in [9.17, 15) is 0 Å². The molecule has 7 heteroatoms. The van der Waals surface area contributed by atoms with E-state index in [1.54, 1.807) is 6.26 Å². The Labute approximate surface area is 194 Å². The van der Waals surface area contributed by atoms with Gasteiger partial charge < -0.3 is 13.7 Å². The van der Waals surface area contributed by atoms with E-state index in [0.717, 1.165) is 81.6 Å². The Kier molecular flexibility index (Phi) is 7.26. The summed E-state index contributed by atoms with van der Waals surface area (Å²) in [5.74, 6) is 2.63. The summed E-state index contributed by atoms with van der Waals surface area (Å²) < 4.78 is 13.6. The molecule has 0 bridgehead atoms. The van der Waals surface area contributed by atoms with Gasteiger partial charge in [-0.15, -0.1) is 10.2 Å². The van der Waals surface area contributed by atoms with Gasteiger partial charge in [-0.2, -0.15) is 0 Å². The Morgan fingerprint density at radius 2 is 1.88 bits per heavy atom. The number of hydrogen-bond acceptors (Lipinski definition) is 6. The second-order valence-corrected chi connectivity index (χ2v) is 9.91. The third-order valence-electron chi connectivity index (χ3n) is 6.56.